The zero-order chi connectivity index (χ0) is 17.3. The van der Waals surface area contributed by atoms with E-state index in [0.717, 1.165) is 36.8 Å². The smallest absolute Gasteiger partial charge is 0.336 e. The van der Waals surface area contributed by atoms with Gasteiger partial charge in [0.15, 0.2) is 5.60 Å². The van der Waals surface area contributed by atoms with Gasteiger partial charge in [-0.25, -0.2) is 4.79 Å². The minimum Gasteiger partial charge on any atom is -0.479 e. The van der Waals surface area contributed by atoms with Gasteiger partial charge in [-0.3, -0.25) is 0 Å². The Kier molecular flexibility index (Phi) is 4.68. The Morgan fingerprint density at radius 3 is 2.62 bits per heavy atom. The molecule has 24 heavy (non-hydrogen) atoms. The zero-order valence-electron chi connectivity index (χ0n) is 14.4. The molecule has 3 aliphatic rings. The number of rotatable bonds is 6. The third-order valence-electron chi connectivity index (χ3n) is 5.47. The van der Waals surface area contributed by atoms with Crippen molar-refractivity contribution >= 4 is 5.97 Å². The number of carbonyl (C=O) groups is 1. The summed E-state index contributed by atoms with van der Waals surface area (Å²) in [5, 5.41) is 21.2. The first kappa shape index (κ1) is 17.0. The number of fused-ring (bicyclic) bond motifs is 1. The van der Waals surface area contributed by atoms with Gasteiger partial charge in [-0.2, -0.15) is 0 Å². The van der Waals surface area contributed by atoms with Crippen LogP contribution in [0.1, 0.15) is 57.4 Å². The van der Waals surface area contributed by atoms with Crippen molar-refractivity contribution in [3.05, 3.63) is 36.1 Å². The molecule has 2 aliphatic carbocycles. The van der Waals surface area contributed by atoms with Crippen LogP contribution in [0.15, 0.2) is 34.9 Å². The van der Waals surface area contributed by atoms with Crippen molar-refractivity contribution in [3.8, 4) is 11.3 Å². The summed E-state index contributed by atoms with van der Waals surface area (Å²) in [6, 6.07) is 7.59. The van der Waals surface area contributed by atoms with E-state index in [4.69, 9.17) is 4.42 Å². The van der Waals surface area contributed by atoms with Crippen LogP contribution >= 0.6 is 0 Å². The highest BCUT2D eigenvalue weighted by molar-refractivity contribution is 5.80. The van der Waals surface area contributed by atoms with E-state index < -0.39 is 17.5 Å². The topological polar surface area (TPSA) is 70.7 Å². The first-order chi connectivity index (χ1) is 11.4. The maximum absolute atomic E-state index is 12.1. The summed E-state index contributed by atoms with van der Waals surface area (Å²) in [6.07, 6.45) is 6.17. The Bertz CT molecular complexity index is 668. The van der Waals surface area contributed by atoms with Crippen LogP contribution in [0.5, 0.6) is 0 Å². The largest absolute Gasteiger partial charge is 0.479 e. The molecule has 4 nitrogen and oxygen atoms in total. The molecule has 1 heterocycles. The molecule has 0 spiro atoms. The minimum atomic E-state index is -1.77. The van der Waals surface area contributed by atoms with Crippen molar-refractivity contribution in [1.29, 1.82) is 0 Å². The molecule has 2 atom stereocenters. The quantitative estimate of drug-likeness (QED) is 0.817. The molecule has 0 bridgehead atoms. The van der Waals surface area contributed by atoms with Crippen LogP contribution in [0, 0.1) is 11.8 Å². The van der Waals surface area contributed by atoms with E-state index in [1.54, 1.807) is 6.26 Å². The molecule has 0 amide bonds. The fourth-order valence-electron chi connectivity index (χ4n) is 4.43. The summed E-state index contributed by atoms with van der Waals surface area (Å²) in [5.74, 6) is -0.682. The Balaban J connectivity index is 2.02. The number of hydrogen-bond donors (Lipinski definition) is 2. The molecule has 130 valence electrons. The van der Waals surface area contributed by atoms with Gasteiger partial charge in [0.25, 0.3) is 0 Å². The Hall–Kier alpha value is -1.81. The number of carboxylic acids is 1. The Morgan fingerprint density at radius 1 is 1.29 bits per heavy atom. The summed E-state index contributed by atoms with van der Waals surface area (Å²) < 4.78 is 5.65. The van der Waals surface area contributed by atoms with Crippen molar-refractivity contribution in [2.24, 2.45) is 11.8 Å². The van der Waals surface area contributed by atoms with Gasteiger partial charge in [0, 0.05) is 17.0 Å². The van der Waals surface area contributed by atoms with E-state index in [0.29, 0.717) is 12.2 Å². The van der Waals surface area contributed by atoms with Crippen molar-refractivity contribution in [2.75, 3.05) is 0 Å². The van der Waals surface area contributed by atoms with Crippen LogP contribution in [0.3, 0.4) is 0 Å². The third-order valence-corrected chi connectivity index (χ3v) is 5.47. The van der Waals surface area contributed by atoms with Crippen LogP contribution < -0.4 is 0 Å². The summed E-state index contributed by atoms with van der Waals surface area (Å²) in [5.41, 5.74) is -0.0363. The monoisotopic (exact) mass is 330 g/mol. The molecule has 1 fully saturated rings. The molecule has 1 saturated carbocycles. The molecule has 3 rings (SSSR count). The van der Waals surface area contributed by atoms with Gasteiger partial charge in [-0.05, 0) is 30.4 Å². The summed E-state index contributed by atoms with van der Waals surface area (Å²) >= 11 is 0. The zero-order valence-corrected chi connectivity index (χ0v) is 14.4. The molecular formula is C20H26O4. The van der Waals surface area contributed by atoms with E-state index in [-0.39, 0.29) is 11.8 Å². The molecular weight excluding hydrogens is 304 g/mol. The van der Waals surface area contributed by atoms with Crippen LogP contribution in [-0.4, -0.2) is 21.8 Å². The van der Waals surface area contributed by atoms with Crippen LogP contribution in [0.2, 0.25) is 0 Å². The van der Waals surface area contributed by atoms with Crippen LogP contribution in [0.4, 0.5) is 0 Å². The molecule has 0 aromatic rings. The lowest BCUT2D eigenvalue weighted by molar-refractivity contribution is -0.165. The van der Waals surface area contributed by atoms with Crippen LogP contribution in [0.25, 0.3) is 11.3 Å². The van der Waals surface area contributed by atoms with E-state index in [1.807, 2.05) is 38.1 Å². The summed E-state index contributed by atoms with van der Waals surface area (Å²) in [4.78, 5) is 12.1. The fraction of sp³-hybridized carbons (Fsp3) is 0.550. The standard InChI is InChI=1S/C20H26O4/c1-13(2)17(16-10-9-15-8-5-11-24-18(15)16)20(23,19(21)22)12-14-6-3-4-7-14/h5,8-11,13-14,17,23H,3-4,6-7,12H2,1-2H3,(H,21,22). The van der Waals surface area contributed by atoms with Gasteiger partial charge in [-0.1, -0.05) is 51.7 Å². The summed E-state index contributed by atoms with van der Waals surface area (Å²) in [6.45, 7) is 3.93. The Morgan fingerprint density at radius 2 is 2.00 bits per heavy atom. The molecule has 1 aliphatic heterocycles. The lowest BCUT2D eigenvalue weighted by atomic mass is 9.71. The van der Waals surface area contributed by atoms with Crippen molar-refractivity contribution < 1.29 is 19.4 Å². The highest BCUT2D eigenvalue weighted by atomic mass is 16.4. The van der Waals surface area contributed by atoms with Crippen molar-refractivity contribution in [1.82, 2.24) is 0 Å². The lowest BCUT2D eigenvalue weighted by Gasteiger charge is -2.37. The fourth-order valence-corrected chi connectivity index (χ4v) is 4.43. The molecule has 0 aromatic carbocycles. The number of aliphatic carboxylic acids is 1. The second kappa shape index (κ2) is 6.60. The highest BCUT2D eigenvalue weighted by Gasteiger charge is 2.49. The molecule has 0 saturated heterocycles. The second-order valence-electron chi connectivity index (χ2n) is 7.49. The SMILES string of the molecule is CC(C)C(c1ccc2cccoc1-2)C(O)(CC1CCCC1)C(=O)O. The first-order valence-electron chi connectivity index (χ1n) is 8.85. The molecule has 0 aromatic heterocycles. The number of carboxylic acid groups (broad SMARTS) is 1. The normalized spacial score (nSPS) is 19.7. The van der Waals surface area contributed by atoms with Gasteiger partial charge in [-0.15, -0.1) is 0 Å². The molecule has 0 radical (unpaired) electrons. The van der Waals surface area contributed by atoms with Crippen molar-refractivity contribution in [2.45, 2.75) is 57.5 Å². The maximum atomic E-state index is 12.1. The van der Waals surface area contributed by atoms with Gasteiger partial charge in [0.05, 0.1) is 6.26 Å². The van der Waals surface area contributed by atoms with Crippen molar-refractivity contribution in [3.63, 3.8) is 0 Å². The van der Waals surface area contributed by atoms with E-state index in [9.17, 15) is 15.0 Å². The average molecular weight is 330 g/mol. The predicted molar refractivity (Wildman–Crippen MR) is 92.1 cm³/mol. The Labute approximate surface area is 142 Å². The third kappa shape index (κ3) is 2.95. The summed E-state index contributed by atoms with van der Waals surface area (Å²) in [7, 11) is 0. The minimum absolute atomic E-state index is 0.0199. The van der Waals surface area contributed by atoms with E-state index in [2.05, 4.69) is 0 Å². The molecule has 2 N–H and O–H groups in total. The average Bonchev–Trinajstić information content (AvgIpc) is 3.17. The number of hydrogen-bond acceptors (Lipinski definition) is 3. The van der Waals surface area contributed by atoms with E-state index in [1.165, 1.54) is 0 Å². The highest BCUT2D eigenvalue weighted by Crippen LogP contribution is 2.46. The number of aliphatic hydroxyl groups is 1. The van der Waals surface area contributed by atoms with Gasteiger partial charge < -0.3 is 14.6 Å². The van der Waals surface area contributed by atoms with Crippen LogP contribution in [-0.2, 0) is 4.79 Å². The van der Waals surface area contributed by atoms with Gasteiger partial charge in [0.2, 0.25) is 0 Å². The second-order valence-corrected chi connectivity index (χ2v) is 7.49. The molecule has 4 heteroatoms. The van der Waals surface area contributed by atoms with Gasteiger partial charge in [0.1, 0.15) is 5.76 Å². The first-order valence-corrected chi connectivity index (χ1v) is 8.85. The van der Waals surface area contributed by atoms with E-state index >= 15 is 0 Å². The maximum Gasteiger partial charge on any atom is 0.336 e. The van der Waals surface area contributed by atoms with Gasteiger partial charge >= 0.3 is 5.97 Å². The predicted octanol–water partition coefficient (Wildman–Crippen LogP) is 4.52. The molecule has 2 unspecified atom stereocenters. The lowest BCUT2D eigenvalue weighted by Crippen LogP contribution is -2.47.